The molecule has 0 aliphatic carbocycles. The summed E-state index contributed by atoms with van der Waals surface area (Å²) < 4.78 is 7.71. The van der Waals surface area contributed by atoms with Gasteiger partial charge in [-0.25, -0.2) is 9.69 Å². The van der Waals surface area contributed by atoms with Gasteiger partial charge in [-0.3, -0.25) is 0 Å². The van der Waals surface area contributed by atoms with Gasteiger partial charge in [0, 0.05) is 5.56 Å². The van der Waals surface area contributed by atoms with E-state index in [2.05, 4.69) is 9.69 Å². The highest BCUT2D eigenvalue weighted by Crippen LogP contribution is 2.36. The molecule has 1 aromatic rings. The van der Waals surface area contributed by atoms with Crippen molar-refractivity contribution in [3.05, 3.63) is 45.6 Å². The van der Waals surface area contributed by atoms with E-state index < -0.39 is 0 Å². The topological polar surface area (TPSA) is 32.5 Å². The first kappa shape index (κ1) is 8.30. The standard InChI is InChI=1S/C11H7N3/c1-7-5-8(2)10(13-3)11(14-4)9(7)6-12/h5H,1-2H3/i5D. The van der Waals surface area contributed by atoms with Gasteiger partial charge in [-0.1, -0.05) is 18.5 Å². The molecule has 0 aromatic heterocycles. The Balaban J connectivity index is 3.90. The summed E-state index contributed by atoms with van der Waals surface area (Å²) >= 11 is 0. The third kappa shape index (κ3) is 1.30. The largest absolute Gasteiger partial charge is 0.250 e. The summed E-state index contributed by atoms with van der Waals surface area (Å²) in [5, 5.41) is 8.89. The van der Waals surface area contributed by atoms with Gasteiger partial charge in [0.15, 0.2) is 5.69 Å². The van der Waals surface area contributed by atoms with E-state index in [9.17, 15) is 0 Å². The van der Waals surface area contributed by atoms with Crippen LogP contribution in [0.25, 0.3) is 9.69 Å². The number of hydrogen-bond donors (Lipinski definition) is 0. The summed E-state index contributed by atoms with van der Waals surface area (Å²) in [6, 6.07) is 2.05. The number of benzene rings is 1. The minimum absolute atomic E-state index is 0.0681. The van der Waals surface area contributed by atoms with Crippen molar-refractivity contribution in [3.63, 3.8) is 0 Å². The minimum atomic E-state index is 0.0681. The van der Waals surface area contributed by atoms with Crippen molar-refractivity contribution in [2.45, 2.75) is 13.8 Å². The Bertz CT molecular complexity index is 512. The molecule has 14 heavy (non-hydrogen) atoms. The average Bonchev–Trinajstić information content (AvgIpc) is 2.25. The predicted molar refractivity (Wildman–Crippen MR) is 53.2 cm³/mol. The summed E-state index contributed by atoms with van der Waals surface area (Å²) in [4.78, 5) is 6.42. The van der Waals surface area contributed by atoms with Crippen molar-refractivity contribution < 1.29 is 1.37 Å². The zero-order valence-corrected chi connectivity index (χ0v) is 7.84. The maximum absolute atomic E-state index is 8.89. The SMILES string of the molecule is [2H]c1c(C)c(C#N)c([N+]#[C-])c([N+]#[C-])c1C. The fourth-order valence-corrected chi connectivity index (χ4v) is 1.26. The average molecular weight is 182 g/mol. The summed E-state index contributed by atoms with van der Waals surface area (Å²) in [7, 11) is 0. The molecule has 0 atom stereocenters. The molecule has 3 heteroatoms. The second kappa shape index (κ2) is 3.60. The fraction of sp³-hybridized carbons (Fsp3) is 0.182. The van der Waals surface area contributed by atoms with Crippen LogP contribution in [0.3, 0.4) is 0 Å². The lowest BCUT2D eigenvalue weighted by Gasteiger charge is -2.05. The molecule has 0 radical (unpaired) electrons. The Morgan fingerprint density at radius 3 is 2.29 bits per heavy atom. The van der Waals surface area contributed by atoms with Gasteiger partial charge in [0.1, 0.15) is 0 Å². The molecule has 3 nitrogen and oxygen atoms in total. The first-order chi connectivity index (χ1) is 7.08. The van der Waals surface area contributed by atoms with Gasteiger partial charge in [0.05, 0.1) is 20.6 Å². The van der Waals surface area contributed by atoms with E-state index in [-0.39, 0.29) is 23.0 Å². The molecule has 0 aliphatic heterocycles. The van der Waals surface area contributed by atoms with Crippen LogP contribution in [0, 0.1) is 38.3 Å². The Labute approximate surface area is 84.3 Å². The van der Waals surface area contributed by atoms with Crippen molar-refractivity contribution in [1.29, 1.82) is 5.26 Å². The van der Waals surface area contributed by atoms with Crippen LogP contribution in [-0.2, 0) is 0 Å². The van der Waals surface area contributed by atoms with Gasteiger partial charge in [-0.2, -0.15) is 5.26 Å². The number of hydrogen-bond acceptors (Lipinski definition) is 1. The molecule has 0 N–H and O–H groups in total. The quantitative estimate of drug-likeness (QED) is 0.566. The highest BCUT2D eigenvalue weighted by atomic mass is 14.8. The lowest BCUT2D eigenvalue weighted by molar-refractivity contribution is 1.36. The van der Waals surface area contributed by atoms with Gasteiger partial charge in [-0.15, -0.1) is 0 Å². The van der Waals surface area contributed by atoms with Gasteiger partial charge in [0.25, 0.3) is 0 Å². The lowest BCUT2D eigenvalue weighted by Crippen LogP contribution is -1.85. The van der Waals surface area contributed by atoms with E-state index >= 15 is 0 Å². The van der Waals surface area contributed by atoms with E-state index in [0.29, 0.717) is 11.1 Å². The van der Waals surface area contributed by atoms with Crippen LogP contribution in [0.15, 0.2) is 6.04 Å². The van der Waals surface area contributed by atoms with Crippen molar-refractivity contribution in [3.8, 4) is 6.07 Å². The van der Waals surface area contributed by atoms with E-state index in [1.165, 1.54) is 0 Å². The Morgan fingerprint density at radius 2 is 1.86 bits per heavy atom. The van der Waals surface area contributed by atoms with Crippen molar-refractivity contribution in [1.82, 2.24) is 0 Å². The smallest absolute Gasteiger partial charge is 0.212 e. The minimum Gasteiger partial charge on any atom is -0.250 e. The van der Waals surface area contributed by atoms with E-state index in [4.69, 9.17) is 19.8 Å². The van der Waals surface area contributed by atoms with E-state index in [1.807, 2.05) is 6.07 Å². The molecule has 1 rings (SSSR count). The number of rotatable bonds is 0. The van der Waals surface area contributed by atoms with Crippen LogP contribution < -0.4 is 0 Å². The monoisotopic (exact) mass is 182 g/mol. The third-order valence-electron chi connectivity index (χ3n) is 1.90. The molecule has 66 valence electrons. The molecule has 0 heterocycles. The molecule has 0 saturated carbocycles. The predicted octanol–water partition coefficient (Wildman–Crippen LogP) is 3.28. The zero-order valence-electron chi connectivity index (χ0n) is 8.84. The zero-order chi connectivity index (χ0) is 11.6. The maximum atomic E-state index is 8.89. The Morgan fingerprint density at radius 1 is 1.29 bits per heavy atom. The summed E-state index contributed by atoms with van der Waals surface area (Å²) in [6.45, 7) is 17.2. The molecule has 0 unspecified atom stereocenters. The first-order valence-corrected chi connectivity index (χ1v) is 3.87. The molecule has 0 fully saturated rings. The molecule has 0 bridgehead atoms. The van der Waals surface area contributed by atoms with Gasteiger partial charge in [-0.05, 0) is 12.5 Å². The molecule has 1 aromatic carbocycles. The Hall–Kier alpha value is -2.31. The van der Waals surface area contributed by atoms with Crippen molar-refractivity contribution in [2.75, 3.05) is 0 Å². The van der Waals surface area contributed by atoms with Crippen LogP contribution in [0.5, 0.6) is 0 Å². The van der Waals surface area contributed by atoms with Crippen LogP contribution in [0.1, 0.15) is 18.1 Å². The van der Waals surface area contributed by atoms with Crippen LogP contribution in [0.2, 0.25) is 0 Å². The number of nitrogens with zero attached hydrogens (tertiary/aromatic N) is 3. The van der Waals surface area contributed by atoms with Gasteiger partial charge < -0.3 is 0 Å². The Kier molecular flexibility index (Phi) is 2.14. The van der Waals surface area contributed by atoms with E-state index in [1.54, 1.807) is 13.8 Å². The maximum Gasteiger partial charge on any atom is 0.212 e. The van der Waals surface area contributed by atoms with Gasteiger partial charge in [0.2, 0.25) is 5.69 Å². The second-order valence-corrected chi connectivity index (χ2v) is 2.78. The third-order valence-corrected chi connectivity index (χ3v) is 1.90. The fourth-order valence-electron chi connectivity index (χ4n) is 1.26. The van der Waals surface area contributed by atoms with Crippen LogP contribution in [0.4, 0.5) is 11.4 Å². The molecule has 0 spiro atoms. The molecule has 0 amide bonds. The molecular formula is C11H7N3. The highest BCUT2D eigenvalue weighted by Gasteiger charge is 2.13. The summed E-state index contributed by atoms with van der Waals surface area (Å²) in [5.74, 6) is 0. The number of nitriles is 1. The molecule has 0 saturated heterocycles. The molecule has 0 aliphatic rings. The van der Waals surface area contributed by atoms with E-state index in [0.717, 1.165) is 0 Å². The second-order valence-electron chi connectivity index (χ2n) is 2.78. The van der Waals surface area contributed by atoms with Crippen molar-refractivity contribution >= 4 is 11.4 Å². The lowest BCUT2D eigenvalue weighted by atomic mass is 10.0. The molecular weight excluding hydrogens is 174 g/mol. The first-order valence-electron chi connectivity index (χ1n) is 4.37. The normalized spacial score (nSPS) is 9.50. The van der Waals surface area contributed by atoms with Crippen LogP contribution in [-0.4, -0.2) is 0 Å². The summed E-state index contributed by atoms with van der Waals surface area (Å²) in [5.41, 5.74) is 1.27. The van der Waals surface area contributed by atoms with Crippen LogP contribution >= 0.6 is 0 Å². The van der Waals surface area contributed by atoms with Gasteiger partial charge >= 0.3 is 0 Å². The highest BCUT2D eigenvalue weighted by molar-refractivity contribution is 5.81. The van der Waals surface area contributed by atoms with Crippen molar-refractivity contribution in [2.24, 2.45) is 0 Å². The summed E-state index contributed by atoms with van der Waals surface area (Å²) in [6.07, 6.45) is 0.